The molecule has 0 spiro atoms. The van der Waals surface area contributed by atoms with Crippen LogP contribution in [-0.4, -0.2) is 23.6 Å². The van der Waals surface area contributed by atoms with Crippen LogP contribution in [0, 0.1) is 6.92 Å². The van der Waals surface area contributed by atoms with E-state index in [9.17, 15) is 4.79 Å². The summed E-state index contributed by atoms with van der Waals surface area (Å²) < 4.78 is 5.46. The summed E-state index contributed by atoms with van der Waals surface area (Å²) in [5, 5.41) is 10.3. The van der Waals surface area contributed by atoms with Gasteiger partial charge in [-0.05, 0) is 42.2 Å². The predicted molar refractivity (Wildman–Crippen MR) is 84.7 cm³/mol. The minimum absolute atomic E-state index is 0.0133. The maximum Gasteiger partial charge on any atom is 0.249 e. The molecule has 3 heterocycles. The molecule has 4 nitrogen and oxygen atoms in total. The van der Waals surface area contributed by atoms with Crippen LogP contribution in [0.15, 0.2) is 22.2 Å². The molecule has 1 N–H and O–H groups in total. The van der Waals surface area contributed by atoms with Crippen molar-refractivity contribution in [1.82, 2.24) is 10.3 Å². The summed E-state index contributed by atoms with van der Waals surface area (Å²) in [6.45, 7) is 2.66. The first kappa shape index (κ1) is 14.7. The summed E-state index contributed by atoms with van der Waals surface area (Å²) in [5.41, 5.74) is 2.22. The second-order valence-electron chi connectivity index (χ2n) is 5.23. The minimum atomic E-state index is -0.295. The highest BCUT2D eigenvalue weighted by molar-refractivity contribution is 7.09. The van der Waals surface area contributed by atoms with Crippen LogP contribution in [0.2, 0.25) is 0 Å². The van der Waals surface area contributed by atoms with Gasteiger partial charge in [-0.15, -0.1) is 11.3 Å². The Balaban J connectivity index is 1.73. The van der Waals surface area contributed by atoms with Crippen LogP contribution in [0.1, 0.15) is 35.1 Å². The lowest BCUT2D eigenvalue weighted by atomic mass is 10.1. The SMILES string of the molecule is Cc1csc(C(Cc2ccsc2)NC(=O)C2CCCO2)n1. The number of thiazole rings is 1. The van der Waals surface area contributed by atoms with Gasteiger partial charge in [-0.25, -0.2) is 4.98 Å². The molecule has 0 saturated carbocycles. The Labute approximate surface area is 132 Å². The summed E-state index contributed by atoms with van der Waals surface area (Å²) in [7, 11) is 0. The first-order valence-electron chi connectivity index (χ1n) is 7.07. The second kappa shape index (κ2) is 6.68. The molecule has 1 amide bonds. The normalized spacial score (nSPS) is 19.6. The van der Waals surface area contributed by atoms with E-state index >= 15 is 0 Å². The molecule has 2 aromatic heterocycles. The van der Waals surface area contributed by atoms with Gasteiger partial charge in [-0.3, -0.25) is 4.79 Å². The highest BCUT2D eigenvalue weighted by Gasteiger charge is 2.27. The van der Waals surface area contributed by atoms with Gasteiger partial charge in [0.1, 0.15) is 11.1 Å². The van der Waals surface area contributed by atoms with Gasteiger partial charge in [0.2, 0.25) is 5.91 Å². The minimum Gasteiger partial charge on any atom is -0.368 e. The molecule has 0 radical (unpaired) electrons. The fourth-order valence-corrected chi connectivity index (χ4v) is 3.95. The number of aromatic nitrogens is 1. The molecule has 112 valence electrons. The maximum absolute atomic E-state index is 12.3. The lowest BCUT2D eigenvalue weighted by Crippen LogP contribution is -2.37. The lowest BCUT2D eigenvalue weighted by molar-refractivity contribution is -0.130. The number of thiophene rings is 1. The van der Waals surface area contributed by atoms with Gasteiger partial charge in [0.25, 0.3) is 0 Å². The molecule has 2 aromatic rings. The molecule has 21 heavy (non-hydrogen) atoms. The van der Waals surface area contributed by atoms with Crippen LogP contribution in [0.25, 0.3) is 0 Å². The number of rotatable bonds is 5. The third-order valence-electron chi connectivity index (χ3n) is 3.49. The van der Waals surface area contributed by atoms with E-state index in [1.807, 2.05) is 12.3 Å². The lowest BCUT2D eigenvalue weighted by Gasteiger charge is -2.18. The fraction of sp³-hybridized carbons (Fsp3) is 0.467. The van der Waals surface area contributed by atoms with E-state index in [4.69, 9.17) is 4.74 Å². The second-order valence-corrected chi connectivity index (χ2v) is 6.90. The van der Waals surface area contributed by atoms with Crippen molar-refractivity contribution in [2.24, 2.45) is 0 Å². The molecule has 0 bridgehead atoms. The fourth-order valence-electron chi connectivity index (χ4n) is 2.43. The van der Waals surface area contributed by atoms with Crippen LogP contribution in [0.3, 0.4) is 0 Å². The maximum atomic E-state index is 12.3. The molecular weight excluding hydrogens is 304 g/mol. The Kier molecular flexibility index (Phi) is 4.67. The van der Waals surface area contributed by atoms with Crippen molar-refractivity contribution in [2.45, 2.75) is 38.3 Å². The molecule has 1 fully saturated rings. The average Bonchev–Trinajstić information content (AvgIpc) is 3.20. The van der Waals surface area contributed by atoms with E-state index in [1.54, 1.807) is 22.7 Å². The van der Waals surface area contributed by atoms with Crippen molar-refractivity contribution in [2.75, 3.05) is 6.61 Å². The van der Waals surface area contributed by atoms with Gasteiger partial charge in [0, 0.05) is 24.1 Å². The van der Waals surface area contributed by atoms with E-state index in [0.717, 1.165) is 30.0 Å². The Morgan fingerprint density at radius 2 is 2.48 bits per heavy atom. The molecule has 0 aromatic carbocycles. The molecule has 6 heteroatoms. The van der Waals surface area contributed by atoms with Crippen LogP contribution in [0.4, 0.5) is 0 Å². The smallest absolute Gasteiger partial charge is 0.249 e. The van der Waals surface area contributed by atoms with E-state index in [0.29, 0.717) is 6.61 Å². The topological polar surface area (TPSA) is 51.2 Å². The number of nitrogens with one attached hydrogen (secondary N) is 1. The molecular formula is C15H18N2O2S2. The van der Waals surface area contributed by atoms with Crippen LogP contribution in [-0.2, 0) is 16.0 Å². The number of ether oxygens (including phenoxy) is 1. The Hall–Kier alpha value is -1.24. The molecule has 2 unspecified atom stereocenters. The molecule has 0 aliphatic carbocycles. The summed E-state index contributed by atoms with van der Waals surface area (Å²) >= 11 is 3.27. The number of nitrogens with zero attached hydrogens (tertiary/aromatic N) is 1. The van der Waals surface area contributed by atoms with Crippen molar-refractivity contribution >= 4 is 28.6 Å². The van der Waals surface area contributed by atoms with Crippen LogP contribution < -0.4 is 5.32 Å². The van der Waals surface area contributed by atoms with Crippen molar-refractivity contribution in [3.63, 3.8) is 0 Å². The van der Waals surface area contributed by atoms with E-state index < -0.39 is 0 Å². The van der Waals surface area contributed by atoms with Gasteiger partial charge in [-0.2, -0.15) is 11.3 Å². The number of carbonyl (C=O) groups excluding carboxylic acids is 1. The molecule has 2 atom stereocenters. The van der Waals surface area contributed by atoms with Crippen LogP contribution in [0.5, 0.6) is 0 Å². The third kappa shape index (κ3) is 3.70. The van der Waals surface area contributed by atoms with E-state index in [2.05, 4.69) is 27.1 Å². The standard InChI is InChI=1S/C15H18N2O2S2/c1-10-8-21-15(16-10)12(7-11-4-6-20-9-11)17-14(18)13-3-2-5-19-13/h4,6,8-9,12-13H,2-3,5,7H2,1H3,(H,17,18). The quantitative estimate of drug-likeness (QED) is 0.920. The summed E-state index contributed by atoms with van der Waals surface area (Å²) in [4.78, 5) is 16.8. The molecule has 3 rings (SSSR count). The highest BCUT2D eigenvalue weighted by atomic mass is 32.1. The van der Waals surface area contributed by atoms with Gasteiger partial charge >= 0.3 is 0 Å². The number of carbonyl (C=O) groups is 1. The van der Waals surface area contributed by atoms with E-state index in [1.165, 1.54) is 5.56 Å². The Morgan fingerprint density at radius 1 is 1.57 bits per heavy atom. The summed E-state index contributed by atoms with van der Waals surface area (Å²) in [6.07, 6.45) is 2.25. The predicted octanol–water partition coefficient (Wildman–Crippen LogP) is 3.09. The number of aryl methyl sites for hydroxylation is 1. The highest BCUT2D eigenvalue weighted by Crippen LogP contribution is 2.24. The zero-order valence-electron chi connectivity index (χ0n) is 11.9. The molecule has 1 aliphatic heterocycles. The first-order chi connectivity index (χ1) is 10.2. The van der Waals surface area contributed by atoms with Gasteiger partial charge < -0.3 is 10.1 Å². The number of hydrogen-bond acceptors (Lipinski definition) is 5. The summed E-state index contributed by atoms with van der Waals surface area (Å²) in [6, 6.07) is 2.02. The van der Waals surface area contributed by atoms with Gasteiger partial charge in [0.05, 0.1) is 6.04 Å². The zero-order valence-corrected chi connectivity index (χ0v) is 13.5. The van der Waals surface area contributed by atoms with E-state index in [-0.39, 0.29) is 18.1 Å². The molecule has 1 saturated heterocycles. The van der Waals surface area contributed by atoms with Gasteiger partial charge in [-0.1, -0.05) is 0 Å². The monoisotopic (exact) mass is 322 g/mol. The molecule has 1 aliphatic rings. The van der Waals surface area contributed by atoms with Crippen molar-refractivity contribution in [1.29, 1.82) is 0 Å². The Morgan fingerprint density at radius 3 is 3.10 bits per heavy atom. The third-order valence-corrected chi connectivity index (χ3v) is 5.30. The van der Waals surface area contributed by atoms with Crippen LogP contribution >= 0.6 is 22.7 Å². The van der Waals surface area contributed by atoms with Crippen molar-refractivity contribution in [3.05, 3.63) is 38.5 Å². The first-order valence-corrected chi connectivity index (χ1v) is 8.89. The van der Waals surface area contributed by atoms with Gasteiger partial charge in [0.15, 0.2) is 0 Å². The summed E-state index contributed by atoms with van der Waals surface area (Å²) in [5.74, 6) is -0.0133. The average molecular weight is 322 g/mol. The van der Waals surface area contributed by atoms with Crippen molar-refractivity contribution in [3.8, 4) is 0 Å². The zero-order chi connectivity index (χ0) is 14.7. The Bertz CT molecular complexity index is 589. The van der Waals surface area contributed by atoms with Crippen molar-refractivity contribution < 1.29 is 9.53 Å². The largest absolute Gasteiger partial charge is 0.368 e. The number of hydrogen-bond donors (Lipinski definition) is 1. The number of amides is 1.